The Kier molecular flexibility index (Phi) is 4.53. The van der Waals surface area contributed by atoms with E-state index in [0.717, 1.165) is 12.2 Å². The highest BCUT2D eigenvalue weighted by molar-refractivity contribution is 5.86. The van der Waals surface area contributed by atoms with E-state index in [9.17, 15) is 0 Å². The van der Waals surface area contributed by atoms with Crippen LogP contribution in [0.1, 0.15) is 22.9 Å². The summed E-state index contributed by atoms with van der Waals surface area (Å²) in [5, 5.41) is 6.22. The molecule has 2 heteroatoms. The number of nitrogens with zero attached hydrogens (tertiary/aromatic N) is 1. The van der Waals surface area contributed by atoms with Crippen molar-refractivity contribution in [1.29, 1.82) is 0 Å². The molecule has 1 atom stereocenters. The summed E-state index contributed by atoms with van der Waals surface area (Å²) in [6.07, 6.45) is 1.86. The average Bonchev–Trinajstić information content (AvgIpc) is 2.70. The van der Waals surface area contributed by atoms with Gasteiger partial charge in [0.05, 0.1) is 11.7 Å². The predicted octanol–water partition coefficient (Wildman–Crippen LogP) is 5.11. The van der Waals surface area contributed by atoms with Gasteiger partial charge in [-0.3, -0.25) is 4.98 Å². The van der Waals surface area contributed by atoms with Gasteiger partial charge in [-0.2, -0.15) is 0 Å². The lowest BCUT2D eigenvalue weighted by atomic mass is 9.96. The van der Waals surface area contributed by atoms with E-state index in [4.69, 9.17) is 0 Å². The molecule has 0 spiro atoms. The summed E-state index contributed by atoms with van der Waals surface area (Å²) in [6, 6.07) is 31.6. The van der Waals surface area contributed by atoms with Crippen LogP contribution < -0.4 is 5.32 Å². The fraction of sp³-hybridized carbons (Fsp3) is 0.0870. The third kappa shape index (κ3) is 3.44. The van der Waals surface area contributed by atoms with Crippen molar-refractivity contribution in [2.24, 2.45) is 0 Å². The standard InChI is InChI=1S/C23H20N2/c1-2-9-18(10-3-1)17-25-23(22-15-6-7-16-24-22)21-14-8-12-19-11-4-5-13-20(19)21/h1-16,23,25H,17H2/t23-/m0/s1. The van der Waals surface area contributed by atoms with Gasteiger partial charge in [0.2, 0.25) is 0 Å². The SMILES string of the molecule is c1ccc(CN[C@H](c2ccccn2)c2cccc3ccccc23)cc1. The summed E-state index contributed by atoms with van der Waals surface area (Å²) in [5.74, 6) is 0. The van der Waals surface area contributed by atoms with Crippen molar-refractivity contribution < 1.29 is 0 Å². The minimum atomic E-state index is 0.0486. The lowest BCUT2D eigenvalue weighted by Gasteiger charge is -2.21. The molecule has 3 aromatic carbocycles. The van der Waals surface area contributed by atoms with Gasteiger partial charge in [-0.15, -0.1) is 0 Å². The summed E-state index contributed by atoms with van der Waals surface area (Å²) >= 11 is 0. The van der Waals surface area contributed by atoms with E-state index in [1.165, 1.54) is 21.9 Å². The molecule has 0 aliphatic heterocycles. The lowest BCUT2D eigenvalue weighted by molar-refractivity contribution is 0.595. The van der Waals surface area contributed by atoms with Crippen LogP contribution in [0.3, 0.4) is 0 Å². The number of hydrogen-bond acceptors (Lipinski definition) is 2. The van der Waals surface area contributed by atoms with Crippen LogP contribution in [-0.2, 0) is 6.54 Å². The minimum absolute atomic E-state index is 0.0486. The molecule has 0 amide bonds. The molecule has 0 aliphatic carbocycles. The minimum Gasteiger partial charge on any atom is -0.301 e. The highest BCUT2D eigenvalue weighted by atomic mass is 14.9. The zero-order valence-corrected chi connectivity index (χ0v) is 14.0. The zero-order valence-electron chi connectivity index (χ0n) is 14.0. The number of rotatable bonds is 5. The van der Waals surface area contributed by atoms with Gasteiger partial charge in [0.25, 0.3) is 0 Å². The molecule has 0 bridgehead atoms. The first-order valence-electron chi connectivity index (χ1n) is 8.58. The molecule has 4 aromatic rings. The molecule has 2 nitrogen and oxygen atoms in total. The van der Waals surface area contributed by atoms with Crippen LogP contribution in [-0.4, -0.2) is 4.98 Å². The first kappa shape index (κ1) is 15.6. The van der Waals surface area contributed by atoms with E-state index in [0.29, 0.717) is 0 Å². The maximum absolute atomic E-state index is 4.61. The van der Waals surface area contributed by atoms with E-state index in [1.807, 2.05) is 24.4 Å². The van der Waals surface area contributed by atoms with Crippen LogP contribution in [0.15, 0.2) is 97.2 Å². The van der Waals surface area contributed by atoms with Gasteiger partial charge in [0.1, 0.15) is 0 Å². The van der Waals surface area contributed by atoms with Gasteiger partial charge in [-0.1, -0.05) is 78.9 Å². The van der Waals surface area contributed by atoms with Crippen molar-refractivity contribution >= 4 is 10.8 Å². The van der Waals surface area contributed by atoms with Gasteiger partial charge in [0.15, 0.2) is 0 Å². The van der Waals surface area contributed by atoms with Gasteiger partial charge in [-0.25, -0.2) is 0 Å². The quantitative estimate of drug-likeness (QED) is 0.551. The summed E-state index contributed by atoms with van der Waals surface area (Å²) < 4.78 is 0. The van der Waals surface area contributed by atoms with Gasteiger partial charge < -0.3 is 5.32 Å². The van der Waals surface area contributed by atoms with Gasteiger partial charge in [-0.05, 0) is 34.0 Å². The number of nitrogens with one attached hydrogen (secondary N) is 1. The summed E-state index contributed by atoms with van der Waals surface area (Å²) in [6.45, 7) is 0.797. The molecular weight excluding hydrogens is 304 g/mol. The largest absolute Gasteiger partial charge is 0.301 e. The van der Waals surface area contributed by atoms with Crippen LogP contribution in [0, 0.1) is 0 Å². The van der Waals surface area contributed by atoms with Crippen molar-refractivity contribution in [3.8, 4) is 0 Å². The molecule has 1 aromatic heterocycles. The Bertz CT molecular complexity index is 944. The second kappa shape index (κ2) is 7.29. The molecule has 25 heavy (non-hydrogen) atoms. The fourth-order valence-corrected chi connectivity index (χ4v) is 3.24. The third-order valence-corrected chi connectivity index (χ3v) is 4.47. The fourth-order valence-electron chi connectivity index (χ4n) is 3.24. The number of aromatic nitrogens is 1. The van der Waals surface area contributed by atoms with E-state index < -0.39 is 0 Å². The van der Waals surface area contributed by atoms with Crippen molar-refractivity contribution in [2.75, 3.05) is 0 Å². The first-order chi connectivity index (χ1) is 12.4. The van der Waals surface area contributed by atoms with E-state index >= 15 is 0 Å². The first-order valence-corrected chi connectivity index (χ1v) is 8.58. The smallest absolute Gasteiger partial charge is 0.0760 e. The van der Waals surface area contributed by atoms with Gasteiger partial charge in [0, 0.05) is 12.7 Å². The molecular formula is C23H20N2. The van der Waals surface area contributed by atoms with E-state index in [1.54, 1.807) is 0 Å². The molecule has 4 rings (SSSR count). The number of fused-ring (bicyclic) bond motifs is 1. The third-order valence-electron chi connectivity index (χ3n) is 4.47. The van der Waals surface area contributed by atoms with Crippen molar-refractivity contribution in [3.05, 3.63) is 114 Å². The van der Waals surface area contributed by atoms with Crippen LogP contribution in [0.25, 0.3) is 10.8 Å². The highest BCUT2D eigenvalue weighted by Crippen LogP contribution is 2.28. The zero-order chi connectivity index (χ0) is 16.9. The second-order valence-electron chi connectivity index (χ2n) is 6.12. The monoisotopic (exact) mass is 324 g/mol. The molecule has 0 unspecified atom stereocenters. The molecule has 0 saturated carbocycles. The lowest BCUT2D eigenvalue weighted by Crippen LogP contribution is -2.23. The Balaban J connectivity index is 1.74. The Morgan fingerprint density at radius 2 is 1.48 bits per heavy atom. The molecule has 0 fully saturated rings. The average molecular weight is 324 g/mol. The molecule has 0 saturated heterocycles. The highest BCUT2D eigenvalue weighted by Gasteiger charge is 2.17. The topological polar surface area (TPSA) is 24.9 Å². The summed E-state index contributed by atoms with van der Waals surface area (Å²) in [7, 11) is 0. The van der Waals surface area contributed by atoms with Gasteiger partial charge >= 0.3 is 0 Å². The number of hydrogen-bond donors (Lipinski definition) is 1. The second-order valence-corrected chi connectivity index (χ2v) is 6.12. The van der Waals surface area contributed by atoms with E-state index in [-0.39, 0.29) is 6.04 Å². The van der Waals surface area contributed by atoms with Crippen LogP contribution in [0.4, 0.5) is 0 Å². The van der Waals surface area contributed by atoms with Crippen molar-refractivity contribution in [3.63, 3.8) is 0 Å². The van der Waals surface area contributed by atoms with Crippen molar-refractivity contribution in [1.82, 2.24) is 10.3 Å². The summed E-state index contributed by atoms with van der Waals surface area (Å²) in [4.78, 5) is 4.61. The molecule has 0 aliphatic rings. The maximum atomic E-state index is 4.61. The molecule has 1 heterocycles. The predicted molar refractivity (Wildman–Crippen MR) is 103 cm³/mol. The Hall–Kier alpha value is -2.97. The van der Waals surface area contributed by atoms with Crippen molar-refractivity contribution in [2.45, 2.75) is 12.6 Å². The van der Waals surface area contributed by atoms with Crippen LogP contribution >= 0.6 is 0 Å². The van der Waals surface area contributed by atoms with Crippen LogP contribution in [0.2, 0.25) is 0 Å². The molecule has 1 N–H and O–H groups in total. The Labute approximate surface area is 148 Å². The molecule has 122 valence electrons. The maximum Gasteiger partial charge on any atom is 0.0760 e. The normalized spacial score (nSPS) is 12.2. The Morgan fingerprint density at radius 1 is 0.720 bits per heavy atom. The molecule has 0 radical (unpaired) electrons. The number of benzene rings is 3. The van der Waals surface area contributed by atoms with E-state index in [2.05, 4.69) is 83.1 Å². The summed E-state index contributed by atoms with van der Waals surface area (Å²) in [5.41, 5.74) is 3.56. The Morgan fingerprint density at radius 3 is 2.32 bits per heavy atom. The van der Waals surface area contributed by atoms with Crippen LogP contribution in [0.5, 0.6) is 0 Å². The number of pyridine rings is 1.